The van der Waals surface area contributed by atoms with E-state index in [0.29, 0.717) is 17.0 Å². The van der Waals surface area contributed by atoms with Crippen LogP contribution in [0, 0.1) is 11.3 Å². The third-order valence-electron chi connectivity index (χ3n) is 4.52. The van der Waals surface area contributed by atoms with Gasteiger partial charge in [0, 0.05) is 11.3 Å². The van der Waals surface area contributed by atoms with Gasteiger partial charge in [-0.3, -0.25) is 9.59 Å². The first-order valence-electron chi connectivity index (χ1n) is 10.1. The number of nitrogens with one attached hydrogen (secondary N) is 2. The highest BCUT2D eigenvalue weighted by Crippen LogP contribution is 2.22. The van der Waals surface area contributed by atoms with Gasteiger partial charge in [0.1, 0.15) is 17.1 Å². The molecule has 0 atom stereocenters. The molecule has 0 spiro atoms. The number of rotatable bonds is 7. The minimum atomic E-state index is -0.985. The molecule has 0 aliphatic carbocycles. The molecule has 0 aliphatic rings. The van der Waals surface area contributed by atoms with Crippen LogP contribution in [0.25, 0.3) is 0 Å². The minimum Gasteiger partial charge on any atom is -0.496 e. The van der Waals surface area contributed by atoms with Gasteiger partial charge in [-0.1, -0.05) is 36.4 Å². The van der Waals surface area contributed by atoms with Gasteiger partial charge in [-0.2, -0.15) is 10.4 Å². The molecule has 0 aliphatic heterocycles. The van der Waals surface area contributed by atoms with E-state index in [4.69, 9.17) is 14.7 Å². The Balaban J connectivity index is 1.61. The van der Waals surface area contributed by atoms with Crippen LogP contribution >= 0.6 is 0 Å². The van der Waals surface area contributed by atoms with Crippen molar-refractivity contribution < 1.29 is 23.9 Å². The molecule has 9 heteroatoms. The summed E-state index contributed by atoms with van der Waals surface area (Å²) in [5, 5.41) is 14.9. The summed E-state index contributed by atoms with van der Waals surface area (Å²) in [5.74, 6) is -1.95. The minimum absolute atomic E-state index is 0.207. The Hall–Kier alpha value is -4.97. The fourth-order valence-electron chi connectivity index (χ4n) is 2.84. The summed E-state index contributed by atoms with van der Waals surface area (Å²) in [7, 11) is 1.45. The van der Waals surface area contributed by atoms with Gasteiger partial charge in [-0.15, -0.1) is 0 Å². The van der Waals surface area contributed by atoms with Gasteiger partial charge in [0.05, 0.1) is 25.8 Å². The Morgan fingerprint density at radius 1 is 0.941 bits per heavy atom. The largest absolute Gasteiger partial charge is 0.496 e. The molecular formula is C25H20N4O5. The van der Waals surface area contributed by atoms with E-state index in [1.807, 2.05) is 6.07 Å². The molecule has 9 nitrogen and oxygen atoms in total. The van der Waals surface area contributed by atoms with Crippen molar-refractivity contribution in [3.63, 3.8) is 0 Å². The van der Waals surface area contributed by atoms with Gasteiger partial charge >= 0.3 is 17.8 Å². The third-order valence-corrected chi connectivity index (χ3v) is 4.52. The highest BCUT2D eigenvalue weighted by molar-refractivity contribution is 6.39. The standard InChI is InChI=1S/C25H20N4O5/c1-33-22-9-5-3-7-20(22)25(32)34-21-8-4-2-6-18(21)16-27-29-24(31)23(30)28-19-12-10-17(11-13-19)14-15-26/h2-13,16H,14H2,1H3,(H,28,30)(H,29,31)/b27-16+. The van der Waals surface area contributed by atoms with Crippen molar-refractivity contribution in [2.75, 3.05) is 12.4 Å². The van der Waals surface area contributed by atoms with Crippen LogP contribution < -0.4 is 20.2 Å². The molecule has 0 fully saturated rings. The fourth-order valence-corrected chi connectivity index (χ4v) is 2.84. The second kappa shape index (κ2) is 11.6. The zero-order valence-corrected chi connectivity index (χ0v) is 18.1. The second-order valence-electron chi connectivity index (χ2n) is 6.81. The van der Waals surface area contributed by atoms with E-state index in [1.165, 1.54) is 13.3 Å². The molecule has 2 amide bonds. The molecule has 0 aromatic heterocycles. The molecule has 3 aromatic carbocycles. The molecule has 2 N–H and O–H groups in total. The Morgan fingerprint density at radius 3 is 2.32 bits per heavy atom. The van der Waals surface area contributed by atoms with Crippen LogP contribution in [0.1, 0.15) is 21.5 Å². The molecule has 0 bridgehead atoms. The van der Waals surface area contributed by atoms with Crippen molar-refractivity contribution in [2.45, 2.75) is 6.42 Å². The van der Waals surface area contributed by atoms with Gasteiger partial charge in [0.2, 0.25) is 0 Å². The van der Waals surface area contributed by atoms with Crippen LogP contribution in [0.3, 0.4) is 0 Å². The lowest BCUT2D eigenvalue weighted by Gasteiger charge is -2.10. The van der Waals surface area contributed by atoms with Crippen molar-refractivity contribution >= 4 is 29.7 Å². The average molecular weight is 456 g/mol. The van der Waals surface area contributed by atoms with Gasteiger partial charge in [-0.05, 0) is 42.0 Å². The first-order valence-corrected chi connectivity index (χ1v) is 10.1. The number of nitriles is 1. The lowest BCUT2D eigenvalue weighted by atomic mass is 10.1. The summed E-state index contributed by atoms with van der Waals surface area (Å²) in [6, 6.07) is 21.8. The number of hydrogen-bond acceptors (Lipinski definition) is 7. The zero-order valence-electron chi connectivity index (χ0n) is 18.1. The fraction of sp³-hybridized carbons (Fsp3) is 0.0800. The molecular weight excluding hydrogens is 436 g/mol. The van der Waals surface area contributed by atoms with Crippen LogP contribution in [0.2, 0.25) is 0 Å². The van der Waals surface area contributed by atoms with E-state index in [0.717, 1.165) is 5.56 Å². The number of ether oxygens (including phenoxy) is 2. The Morgan fingerprint density at radius 2 is 1.62 bits per heavy atom. The zero-order chi connectivity index (χ0) is 24.3. The van der Waals surface area contributed by atoms with Crippen LogP contribution in [-0.2, 0) is 16.0 Å². The van der Waals surface area contributed by atoms with E-state index in [2.05, 4.69) is 15.8 Å². The highest BCUT2D eigenvalue weighted by atomic mass is 16.5. The number of hydrazone groups is 1. The van der Waals surface area contributed by atoms with E-state index in [1.54, 1.807) is 72.8 Å². The monoisotopic (exact) mass is 456 g/mol. The normalized spacial score (nSPS) is 10.2. The van der Waals surface area contributed by atoms with Gasteiger partial charge in [0.25, 0.3) is 0 Å². The van der Waals surface area contributed by atoms with E-state index < -0.39 is 17.8 Å². The molecule has 0 unspecified atom stereocenters. The summed E-state index contributed by atoms with van der Waals surface area (Å²) in [6.07, 6.45) is 1.51. The lowest BCUT2D eigenvalue weighted by molar-refractivity contribution is -0.136. The lowest BCUT2D eigenvalue weighted by Crippen LogP contribution is -2.32. The number of anilines is 1. The van der Waals surface area contributed by atoms with Crippen LogP contribution in [0.5, 0.6) is 11.5 Å². The molecule has 170 valence electrons. The first-order chi connectivity index (χ1) is 16.5. The summed E-state index contributed by atoms with van der Waals surface area (Å²) in [5.41, 5.74) is 3.98. The van der Waals surface area contributed by atoms with E-state index in [9.17, 15) is 14.4 Å². The van der Waals surface area contributed by atoms with Crippen molar-refractivity contribution in [3.05, 3.63) is 89.5 Å². The molecule has 0 saturated heterocycles. The third kappa shape index (κ3) is 6.27. The SMILES string of the molecule is COc1ccccc1C(=O)Oc1ccccc1/C=N/NC(=O)C(=O)Nc1ccc(CC#N)cc1. The molecule has 3 rings (SSSR count). The van der Waals surface area contributed by atoms with Crippen molar-refractivity contribution in [1.82, 2.24) is 5.43 Å². The maximum atomic E-state index is 12.6. The van der Waals surface area contributed by atoms with E-state index >= 15 is 0 Å². The molecule has 0 radical (unpaired) electrons. The number of para-hydroxylation sites is 2. The van der Waals surface area contributed by atoms with Crippen molar-refractivity contribution in [3.8, 4) is 17.6 Å². The predicted octanol–water partition coefficient (Wildman–Crippen LogP) is 3.07. The number of hydrogen-bond donors (Lipinski definition) is 2. The quantitative estimate of drug-likeness (QED) is 0.185. The van der Waals surface area contributed by atoms with Crippen LogP contribution in [0.4, 0.5) is 5.69 Å². The second-order valence-corrected chi connectivity index (χ2v) is 6.81. The Labute approximate surface area is 195 Å². The summed E-state index contributed by atoms with van der Waals surface area (Å²) in [6.45, 7) is 0. The summed E-state index contributed by atoms with van der Waals surface area (Å²) >= 11 is 0. The number of amides is 2. The topological polar surface area (TPSA) is 130 Å². The number of methoxy groups -OCH3 is 1. The number of carbonyl (C=O) groups is 3. The smallest absolute Gasteiger partial charge is 0.347 e. The van der Waals surface area contributed by atoms with Crippen molar-refractivity contribution in [1.29, 1.82) is 5.26 Å². The molecule has 34 heavy (non-hydrogen) atoms. The molecule has 0 heterocycles. The van der Waals surface area contributed by atoms with Gasteiger partial charge in [-0.25, -0.2) is 10.2 Å². The molecule has 3 aromatic rings. The first kappa shape index (κ1) is 23.7. The summed E-state index contributed by atoms with van der Waals surface area (Å²) in [4.78, 5) is 36.7. The number of benzene rings is 3. The number of carbonyl (C=O) groups excluding carboxylic acids is 3. The number of esters is 1. The average Bonchev–Trinajstić information content (AvgIpc) is 2.86. The Kier molecular flexibility index (Phi) is 8.08. The van der Waals surface area contributed by atoms with Crippen LogP contribution in [-0.4, -0.2) is 31.1 Å². The van der Waals surface area contributed by atoms with Crippen molar-refractivity contribution in [2.24, 2.45) is 5.10 Å². The Bertz CT molecular complexity index is 1260. The number of nitrogens with zero attached hydrogens (tertiary/aromatic N) is 2. The van der Waals surface area contributed by atoms with E-state index in [-0.39, 0.29) is 17.7 Å². The van der Waals surface area contributed by atoms with Crippen LogP contribution in [0.15, 0.2) is 77.9 Å². The maximum absolute atomic E-state index is 12.6. The predicted molar refractivity (Wildman–Crippen MR) is 125 cm³/mol. The highest BCUT2D eigenvalue weighted by Gasteiger charge is 2.16. The summed E-state index contributed by atoms with van der Waals surface area (Å²) < 4.78 is 10.6. The van der Waals surface area contributed by atoms with Gasteiger partial charge < -0.3 is 14.8 Å². The van der Waals surface area contributed by atoms with Gasteiger partial charge in [0.15, 0.2) is 0 Å². The maximum Gasteiger partial charge on any atom is 0.347 e. The molecule has 0 saturated carbocycles.